The highest BCUT2D eigenvalue weighted by atomic mass is 16.3. The van der Waals surface area contributed by atoms with Crippen molar-refractivity contribution < 1.29 is 15.0 Å². The van der Waals surface area contributed by atoms with Gasteiger partial charge in [0.25, 0.3) is 5.91 Å². The Balaban J connectivity index is 2.00. The Hall–Kier alpha value is -1.71. The van der Waals surface area contributed by atoms with Crippen LogP contribution in [0.15, 0.2) is 18.2 Å². The van der Waals surface area contributed by atoms with Gasteiger partial charge in [-0.2, -0.15) is 0 Å². The summed E-state index contributed by atoms with van der Waals surface area (Å²) in [7, 11) is 0. The van der Waals surface area contributed by atoms with Gasteiger partial charge in [-0.05, 0) is 48.8 Å². The van der Waals surface area contributed by atoms with Crippen molar-refractivity contribution in [2.45, 2.75) is 46.0 Å². The normalized spacial score (nSPS) is 17.1. The van der Waals surface area contributed by atoms with Crippen LogP contribution in [0.4, 0.5) is 0 Å². The van der Waals surface area contributed by atoms with Crippen LogP contribution in [0.25, 0.3) is 0 Å². The van der Waals surface area contributed by atoms with E-state index in [0.717, 1.165) is 6.42 Å². The van der Waals surface area contributed by atoms with E-state index >= 15 is 0 Å². The van der Waals surface area contributed by atoms with Gasteiger partial charge >= 0.3 is 0 Å². The highest BCUT2D eigenvalue weighted by Gasteiger charge is 2.34. The SMILES string of the molecule is CC(C)CC1(CNC(=O)c2ccc(O)c(O)c2)CCCC1. The summed E-state index contributed by atoms with van der Waals surface area (Å²) in [6.07, 6.45) is 5.96. The van der Waals surface area contributed by atoms with Gasteiger partial charge in [0.1, 0.15) is 0 Å². The number of amides is 1. The molecule has 1 aromatic carbocycles. The van der Waals surface area contributed by atoms with Crippen LogP contribution in [0.3, 0.4) is 0 Å². The van der Waals surface area contributed by atoms with Crippen molar-refractivity contribution >= 4 is 5.91 Å². The Kier molecular flexibility index (Phi) is 4.76. The van der Waals surface area contributed by atoms with E-state index in [0.29, 0.717) is 18.0 Å². The number of aromatic hydroxyl groups is 2. The third-order valence-electron chi connectivity index (χ3n) is 4.37. The Labute approximate surface area is 126 Å². The maximum Gasteiger partial charge on any atom is 0.251 e. The molecule has 0 spiro atoms. The zero-order valence-electron chi connectivity index (χ0n) is 12.9. The highest BCUT2D eigenvalue weighted by molar-refractivity contribution is 5.94. The van der Waals surface area contributed by atoms with Crippen molar-refractivity contribution in [1.82, 2.24) is 5.32 Å². The predicted octanol–water partition coefficient (Wildman–Crippen LogP) is 3.43. The lowest BCUT2D eigenvalue weighted by Gasteiger charge is -2.31. The molecule has 1 aromatic rings. The summed E-state index contributed by atoms with van der Waals surface area (Å²) in [6.45, 7) is 5.13. The lowest BCUT2D eigenvalue weighted by atomic mass is 9.78. The molecule has 3 N–H and O–H groups in total. The number of phenols is 2. The number of phenolic OH excluding ortho intramolecular Hbond substituents is 2. The van der Waals surface area contributed by atoms with Crippen molar-refractivity contribution in [2.24, 2.45) is 11.3 Å². The van der Waals surface area contributed by atoms with Gasteiger partial charge in [0, 0.05) is 12.1 Å². The summed E-state index contributed by atoms with van der Waals surface area (Å²) in [4.78, 5) is 12.2. The molecule has 1 aliphatic rings. The number of rotatable bonds is 5. The number of hydrogen-bond acceptors (Lipinski definition) is 3. The van der Waals surface area contributed by atoms with E-state index in [-0.39, 0.29) is 22.8 Å². The second kappa shape index (κ2) is 6.37. The van der Waals surface area contributed by atoms with E-state index in [9.17, 15) is 15.0 Å². The second-order valence-electron chi connectivity index (χ2n) is 6.69. The molecule has 4 heteroatoms. The maximum absolute atomic E-state index is 12.2. The van der Waals surface area contributed by atoms with Crippen molar-refractivity contribution in [3.8, 4) is 11.5 Å². The quantitative estimate of drug-likeness (QED) is 0.728. The van der Waals surface area contributed by atoms with Gasteiger partial charge in [0.15, 0.2) is 11.5 Å². The molecule has 0 radical (unpaired) electrons. The van der Waals surface area contributed by atoms with Crippen LogP contribution in [0.5, 0.6) is 11.5 Å². The first-order valence-corrected chi connectivity index (χ1v) is 7.72. The monoisotopic (exact) mass is 291 g/mol. The lowest BCUT2D eigenvalue weighted by molar-refractivity contribution is 0.0921. The summed E-state index contributed by atoms with van der Waals surface area (Å²) in [5.41, 5.74) is 0.603. The van der Waals surface area contributed by atoms with Crippen LogP contribution in [0.1, 0.15) is 56.3 Å². The molecule has 1 amide bonds. The van der Waals surface area contributed by atoms with Crippen LogP contribution in [0.2, 0.25) is 0 Å². The second-order valence-corrected chi connectivity index (χ2v) is 6.69. The van der Waals surface area contributed by atoms with Crippen molar-refractivity contribution in [1.29, 1.82) is 0 Å². The van der Waals surface area contributed by atoms with Gasteiger partial charge in [-0.1, -0.05) is 26.7 Å². The summed E-state index contributed by atoms with van der Waals surface area (Å²) >= 11 is 0. The first-order chi connectivity index (χ1) is 9.92. The molecule has 1 saturated carbocycles. The summed E-state index contributed by atoms with van der Waals surface area (Å²) in [6, 6.07) is 4.16. The third kappa shape index (κ3) is 3.90. The Bertz CT molecular complexity index is 505. The van der Waals surface area contributed by atoms with Crippen molar-refractivity contribution in [3.63, 3.8) is 0 Å². The number of hydrogen-bond donors (Lipinski definition) is 3. The highest BCUT2D eigenvalue weighted by Crippen LogP contribution is 2.42. The minimum absolute atomic E-state index is 0.194. The molecule has 1 aliphatic carbocycles. The average molecular weight is 291 g/mol. The zero-order valence-corrected chi connectivity index (χ0v) is 12.9. The first-order valence-electron chi connectivity index (χ1n) is 7.72. The summed E-state index contributed by atoms with van der Waals surface area (Å²) in [5, 5.41) is 21.8. The molecule has 0 heterocycles. The van der Waals surface area contributed by atoms with Gasteiger partial charge < -0.3 is 15.5 Å². The Morgan fingerprint density at radius 3 is 2.48 bits per heavy atom. The average Bonchev–Trinajstić information content (AvgIpc) is 2.87. The standard InChI is InChI=1S/C17H25NO3/c1-12(2)10-17(7-3-4-8-17)11-18-16(21)13-5-6-14(19)15(20)9-13/h5-6,9,12,19-20H,3-4,7-8,10-11H2,1-2H3,(H,18,21). The fraction of sp³-hybridized carbons (Fsp3) is 0.588. The minimum Gasteiger partial charge on any atom is -0.504 e. The van der Waals surface area contributed by atoms with Gasteiger partial charge in [-0.15, -0.1) is 0 Å². The van der Waals surface area contributed by atoms with E-state index in [2.05, 4.69) is 19.2 Å². The van der Waals surface area contributed by atoms with E-state index in [1.165, 1.54) is 43.9 Å². The Morgan fingerprint density at radius 1 is 1.24 bits per heavy atom. The van der Waals surface area contributed by atoms with Crippen LogP contribution >= 0.6 is 0 Å². The van der Waals surface area contributed by atoms with E-state index in [1.54, 1.807) is 0 Å². The van der Waals surface area contributed by atoms with Gasteiger partial charge in [0.05, 0.1) is 0 Å². The number of nitrogens with one attached hydrogen (secondary N) is 1. The lowest BCUT2D eigenvalue weighted by Crippen LogP contribution is -2.36. The van der Waals surface area contributed by atoms with Crippen molar-refractivity contribution in [3.05, 3.63) is 23.8 Å². The van der Waals surface area contributed by atoms with E-state index < -0.39 is 0 Å². The fourth-order valence-corrected chi connectivity index (χ4v) is 3.48. The first kappa shape index (κ1) is 15.7. The largest absolute Gasteiger partial charge is 0.504 e. The van der Waals surface area contributed by atoms with Crippen LogP contribution in [-0.2, 0) is 0 Å². The molecule has 1 fully saturated rings. The topological polar surface area (TPSA) is 69.6 Å². The zero-order chi connectivity index (χ0) is 15.5. The molecule has 0 atom stereocenters. The molecular weight excluding hydrogens is 266 g/mol. The number of carbonyl (C=O) groups excluding carboxylic acids is 1. The van der Waals surface area contributed by atoms with Gasteiger partial charge in [0.2, 0.25) is 0 Å². The summed E-state index contributed by atoms with van der Waals surface area (Å²) in [5.74, 6) is -0.0444. The molecule has 0 unspecified atom stereocenters. The molecule has 0 saturated heterocycles. The Morgan fingerprint density at radius 2 is 1.90 bits per heavy atom. The molecule has 0 bridgehead atoms. The van der Waals surface area contributed by atoms with E-state index in [1.807, 2.05) is 0 Å². The van der Waals surface area contributed by atoms with Gasteiger partial charge in [-0.25, -0.2) is 0 Å². The molecule has 2 rings (SSSR count). The molecule has 116 valence electrons. The van der Waals surface area contributed by atoms with Crippen LogP contribution < -0.4 is 5.32 Å². The molecule has 0 aliphatic heterocycles. The maximum atomic E-state index is 12.2. The minimum atomic E-state index is -0.264. The van der Waals surface area contributed by atoms with Crippen LogP contribution in [0, 0.1) is 11.3 Å². The smallest absolute Gasteiger partial charge is 0.251 e. The van der Waals surface area contributed by atoms with Crippen molar-refractivity contribution in [2.75, 3.05) is 6.54 Å². The number of benzene rings is 1. The number of carbonyl (C=O) groups is 1. The molecular formula is C17H25NO3. The van der Waals surface area contributed by atoms with Gasteiger partial charge in [-0.3, -0.25) is 4.79 Å². The molecule has 0 aromatic heterocycles. The molecule has 21 heavy (non-hydrogen) atoms. The predicted molar refractivity (Wildman–Crippen MR) is 82.5 cm³/mol. The third-order valence-corrected chi connectivity index (χ3v) is 4.37. The fourth-order valence-electron chi connectivity index (χ4n) is 3.48. The molecule has 4 nitrogen and oxygen atoms in total. The van der Waals surface area contributed by atoms with E-state index in [4.69, 9.17) is 0 Å². The summed E-state index contributed by atoms with van der Waals surface area (Å²) < 4.78 is 0. The van der Waals surface area contributed by atoms with Crippen LogP contribution in [-0.4, -0.2) is 22.7 Å².